The van der Waals surface area contributed by atoms with E-state index in [1.807, 2.05) is 12.2 Å². The standard InChI is InChI=1S/C13H23N3O7/c1-3-6(2)10(14)12(21)15-7(4-9(18)19)11(20)16-8(5-17)13(22)23/h6-8,10,17H,3-5,14H2,1-2H3,(H,15,21)(H,16,20)(H,18,19)(H,22,23). The van der Waals surface area contributed by atoms with Gasteiger partial charge in [-0.3, -0.25) is 14.4 Å². The van der Waals surface area contributed by atoms with Gasteiger partial charge in [-0.25, -0.2) is 4.79 Å². The van der Waals surface area contributed by atoms with Gasteiger partial charge in [0.25, 0.3) is 0 Å². The molecule has 23 heavy (non-hydrogen) atoms. The fourth-order valence-corrected chi connectivity index (χ4v) is 1.62. The van der Waals surface area contributed by atoms with Crippen molar-refractivity contribution in [2.75, 3.05) is 6.61 Å². The van der Waals surface area contributed by atoms with Gasteiger partial charge in [0.2, 0.25) is 11.8 Å². The van der Waals surface area contributed by atoms with E-state index in [0.29, 0.717) is 6.42 Å². The number of aliphatic hydroxyl groups is 1. The number of amides is 2. The smallest absolute Gasteiger partial charge is 0.328 e. The van der Waals surface area contributed by atoms with Crippen LogP contribution in [0.2, 0.25) is 0 Å². The van der Waals surface area contributed by atoms with Crippen molar-refractivity contribution >= 4 is 23.8 Å². The van der Waals surface area contributed by atoms with Gasteiger partial charge in [0.05, 0.1) is 19.1 Å². The summed E-state index contributed by atoms with van der Waals surface area (Å²) in [7, 11) is 0. The van der Waals surface area contributed by atoms with E-state index in [2.05, 4.69) is 5.32 Å². The highest BCUT2D eigenvalue weighted by Gasteiger charge is 2.30. The molecule has 2 amide bonds. The van der Waals surface area contributed by atoms with Crippen LogP contribution in [0, 0.1) is 5.92 Å². The fraction of sp³-hybridized carbons (Fsp3) is 0.692. The molecular formula is C13H23N3O7. The van der Waals surface area contributed by atoms with Gasteiger partial charge in [-0.1, -0.05) is 20.3 Å². The monoisotopic (exact) mass is 333 g/mol. The molecule has 0 saturated carbocycles. The third kappa shape index (κ3) is 7.06. The molecule has 0 rings (SSSR count). The van der Waals surface area contributed by atoms with E-state index in [-0.39, 0.29) is 5.92 Å². The van der Waals surface area contributed by atoms with Crippen molar-refractivity contribution in [3.05, 3.63) is 0 Å². The van der Waals surface area contributed by atoms with Gasteiger partial charge >= 0.3 is 11.9 Å². The van der Waals surface area contributed by atoms with E-state index in [9.17, 15) is 19.2 Å². The van der Waals surface area contributed by atoms with E-state index < -0.39 is 54.9 Å². The number of hydrogen-bond donors (Lipinski definition) is 6. The van der Waals surface area contributed by atoms with E-state index in [1.165, 1.54) is 0 Å². The molecule has 0 radical (unpaired) electrons. The first-order valence-electron chi connectivity index (χ1n) is 7.05. The second-order valence-corrected chi connectivity index (χ2v) is 5.15. The van der Waals surface area contributed by atoms with Crippen LogP contribution in [0.4, 0.5) is 0 Å². The molecule has 0 aromatic rings. The number of nitrogens with two attached hydrogens (primary N) is 1. The third-order valence-electron chi connectivity index (χ3n) is 3.37. The zero-order valence-electron chi connectivity index (χ0n) is 13.0. The van der Waals surface area contributed by atoms with E-state index in [4.69, 9.17) is 21.1 Å². The molecule has 0 aliphatic carbocycles. The molecule has 0 fully saturated rings. The Morgan fingerprint density at radius 2 is 1.57 bits per heavy atom. The van der Waals surface area contributed by atoms with E-state index >= 15 is 0 Å². The quantitative estimate of drug-likeness (QED) is 0.262. The van der Waals surface area contributed by atoms with Gasteiger partial charge in [0.1, 0.15) is 12.1 Å². The maximum Gasteiger partial charge on any atom is 0.328 e. The minimum absolute atomic E-state index is 0.187. The first-order chi connectivity index (χ1) is 10.6. The number of nitrogens with one attached hydrogen (secondary N) is 2. The van der Waals surface area contributed by atoms with Crippen LogP contribution < -0.4 is 16.4 Å². The molecule has 0 aliphatic heterocycles. The van der Waals surface area contributed by atoms with E-state index in [0.717, 1.165) is 0 Å². The van der Waals surface area contributed by atoms with E-state index in [1.54, 1.807) is 6.92 Å². The highest BCUT2D eigenvalue weighted by molar-refractivity contribution is 5.94. The number of carbonyl (C=O) groups is 4. The SMILES string of the molecule is CCC(C)C(N)C(=O)NC(CC(=O)O)C(=O)NC(CO)C(=O)O. The van der Waals surface area contributed by atoms with Crippen molar-refractivity contribution in [3.8, 4) is 0 Å². The maximum atomic E-state index is 12.0. The predicted octanol–water partition coefficient (Wildman–Crippen LogP) is -2.12. The number of aliphatic carboxylic acids is 2. The lowest BCUT2D eigenvalue weighted by molar-refractivity contribution is -0.144. The summed E-state index contributed by atoms with van der Waals surface area (Å²) in [6.45, 7) is 2.67. The molecule has 10 nitrogen and oxygen atoms in total. The Morgan fingerprint density at radius 1 is 1.04 bits per heavy atom. The Balaban J connectivity index is 5.00. The molecule has 132 valence electrons. The van der Waals surface area contributed by atoms with Gasteiger partial charge < -0.3 is 31.7 Å². The lowest BCUT2D eigenvalue weighted by atomic mass is 9.99. The third-order valence-corrected chi connectivity index (χ3v) is 3.37. The number of rotatable bonds is 10. The first-order valence-corrected chi connectivity index (χ1v) is 7.05. The lowest BCUT2D eigenvalue weighted by Crippen LogP contribution is -2.56. The summed E-state index contributed by atoms with van der Waals surface area (Å²) in [6, 6.07) is -4.03. The summed E-state index contributed by atoms with van der Waals surface area (Å²) >= 11 is 0. The summed E-state index contributed by atoms with van der Waals surface area (Å²) in [5.41, 5.74) is 5.70. The number of hydrogen-bond acceptors (Lipinski definition) is 6. The fourth-order valence-electron chi connectivity index (χ4n) is 1.62. The Bertz CT molecular complexity index is 455. The van der Waals surface area contributed by atoms with Crippen molar-refractivity contribution in [2.24, 2.45) is 11.7 Å². The summed E-state index contributed by atoms with van der Waals surface area (Å²) in [5, 5.41) is 30.6. The first kappa shape index (κ1) is 20.8. The van der Waals surface area contributed by atoms with Crippen LogP contribution >= 0.6 is 0 Å². The molecule has 10 heteroatoms. The van der Waals surface area contributed by atoms with Gasteiger partial charge in [-0.15, -0.1) is 0 Å². The molecule has 0 aliphatic rings. The summed E-state index contributed by atoms with van der Waals surface area (Å²) < 4.78 is 0. The number of carboxylic acids is 2. The second-order valence-electron chi connectivity index (χ2n) is 5.15. The molecular weight excluding hydrogens is 310 g/mol. The zero-order valence-corrected chi connectivity index (χ0v) is 13.0. The Hall–Kier alpha value is -2.20. The summed E-state index contributed by atoms with van der Waals surface area (Å²) in [6.07, 6.45) is -0.140. The van der Waals surface area contributed by atoms with Gasteiger partial charge in [-0.2, -0.15) is 0 Å². The normalized spacial score (nSPS) is 15.8. The Morgan fingerprint density at radius 3 is 1.96 bits per heavy atom. The number of carboxylic acid groups (broad SMARTS) is 2. The van der Waals surface area contributed by atoms with Gasteiger partial charge in [0.15, 0.2) is 0 Å². The molecule has 0 aromatic heterocycles. The maximum absolute atomic E-state index is 12.0. The van der Waals surface area contributed by atoms with Crippen LogP contribution in [0.1, 0.15) is 26.7 Å². The molecule has 0 saturated heterocycles. The number of aliphatic hydroxyl groups excluding tert-OH is 1. The number of carbonyl (C=O) groups excluding carboxylic acids is 2. The highest BCUT2D eigenvalue weighted by atomic mass is 16.4. The van der Waals surface area contributed by atoms with Crippen molar-refractivity contribution in [1.82, 2.24) is 10.6 Å². The van der Waals surface area contributed by atoms with Crippen LogP contribution in [0.15, 0.2) is 0 Å². The topological polar surface area (TPSA) is 179 Å². The molecule has 4 unspecified atom stereocenters. The van der Waals surface area contributed by atoms with Crippen molar-refractivity contribution in [3.63, 3.8) is 0 Å². The van der Waals surface area contributed by atoms with Crippen LogP contribution in [0.5, 0.6) is 0 Å². The average molecular weight is 333 g/mol. The molecule has 4 atom stereocenters. The minimum atomic E-state index is -1.60. The van der Waals surface area contributed by atoms with Crippen LogP contribution in [0.3, 0.4) is 0 Å². The van der Waals surface area contributed by atoms with Gasteiger partial charge in [0, 0.05) is 0 Å². The molecule has 0 heterocycles. The average Bonchev–Trinajstić information content (AvgIpc) is 2.48. The second kappa shape index (κ2) is 9.74. The Kier molecular flexibility index (Phi) is 8.81. The molecule has 0 bridgehead atoms. The lowest BCUT2D eigenvalue weighted by Gasteiger charge is -2.23. The minimum Gasteiger partial charge on any atom is -0.481 e. The summed E-state index contributed by atoms with van der Waals surface area (Å²) in [5.74, 6) is -4.78. The van der Waals surface area contributed by atoms with Crippen LogP contribution in [-0.2, 0) is 19.2 Å². The summed E-state index contributed by atoms with van der Waals surface area (Å²) in [4.78, 5) is 45.5. The molecule has 0 spiro atoms. The Labute approximate surface area is 133 Å². The highest BCUT2D eigenvalue weighted by Crippen LogP contribution is 2.06. The van der Waals surface area contributed by atoms with Crippen LogP contribution in [-0.4, -0.2) is 63.8 Å². The molecule has 0 aromatic carbocycles. The predicted molar refractivity (Wildman–Crippen MR) is 78.3 cm³/mol. The largest absolute Gasteiger partial charge is 0.481 e. The van der Waals surface area contributed by atoms with Crippen molar-refractivity contribution < 1.29 is 34.5 Å². The molecule has 7 N–H and O–H groups in total. The van der Waals surface area contributed by atoms with Gasteiger partial charge in [-0.05, 0) is 5.92 Å². The van der Waals surface area contributed by atoms with Crippen molar-refractivity contribution in [1.29, 1.82) is 0 Å². The zero-order chi connectivity index (χ0) is 18.2. The van der Waals surface area contributed by atoms with Crippen LogP contribution in [0.25, 0.3) is 0 Å². The van der Waals surface area contributed by atoms with Crippen molar-refractivity contribution in [2.45, 2.75) is 44.8 Å².